The number of carbonyl (C=O) groups excluding carboxylic acids is 1. The number of carbonyl (C=O) groups is 1. The van der Waals surface area contributed by atoms with E-state index in [9.17, 15) is 4.79 Å². The predicted molar refractivity (Wildman–Crippen MR) is 72.4 cm³/mol. The smallest absolute Gasteiger partial charge is 0.253 e. The molecular weight excluding hydrogens is 214 g/mol. The molecule has 0 radical (unpaired) electrons. The molecule has 0 aromatic heterocycles. The molecular formula is C13H21N3O. The SMILES string of the molecule is CCN(CC)c1ccc(C(=O)N(C)C)cc1N. The molecule has 1 aromatic rings. The second-order valence-electron chi connectivity index (χ2n) is 4.15. The third-order valence-electron chi connectivity index (χ3n) is 2.78. The number of nitrogen functional groups attached to an aromatic ring is 1. The Morgan fingerprint density at radius 1 is 1.24 bits per heavy atom. The average Bonchev–Trinajstić information content (AvgIpc) is 2.31. The first-order valence-electron chi connectivity index (χ1n) is 5.87. The molecule has 4 nitrogen and oxygen atoms in total. The lowest BCUT2D eigenvalue weighted by Gasteiger charge is -2.23. The Bertz CT molecular complexity index is 398. The van der Waals surface area contributed by atoms with Crippen LogP contribution in [0.15, 0.2) is 18.2 Å². The van der Waals surface area contributed by atoms with Gasteiger partial charge in [-0.2, -0.15) is 0 Å². The Morgan fingerprint density at radius 2 is 1.82 bits per heavy atom. The summed E-state index contributed by atoms with van der Waals surface area (Å²) >= 11 is 0. The first-order valence-corrected chi connectivity index (χ1v) is 5.87. The molecule has 0 aliphatic heterocycles. The molecule has 0 spiro atoms. The Balaban J connectivity index is 3.05. The van der Waals surface area contributed by atoms with Gasteiger partial charge in [0.05, 0.1) is 11.4 Å². The summed E-state index contributed by atoms with van der Waals surface area (Å²) in [4.78, 5) is 15.5. The second kappa shape index (κ2) is 5.57. The number of hydrogen-bond acceptors (Lipinski definition) is 3. The number of nitrogens with two attached hydrogens (primary N) is 1. The zero-order valence-corrected chi connectivity index (χ0v) is 11.0. The summed E-state index contributed by atoms with van der Waals surface area (Å²) in [5, 5.41) is 0. The molecule has 17 heavy (non-hydrogen) atoms. The molecule has 2 N–H and O–H groups in total. The summed E-state index contributed by atoms with van der Waals surface area (Å²) in [7, 11) is 3.47. The van der Waals surface area contributed by atoms with Crippen LogP contribution < -0.4 is 10.6 Å². The average molecular weight is 235 g/mol. The van der Waals surface area contributed by atoms with Crippen LogP contribution in [0.4, 0.5) is 11.4 Å². The molecule has 1 rings (SSSR count). The highest BCUT2D eigenvalue weighted by Crippen LogP contribution is 2.24. The van der Waals surface area contributed by atoms with Gasteiger partial charge in [-0.3, -0.25) is 4.79 Å². The fourth-order valence-electron chi connectivity index (χ4n) is 1.80. The first-order chi connectivity index (χ1) is 8.01. The quantitative estimate of drug-likeness (QED) is 0.810. The van der Waals surface area contributed by atoms with Crippen LogP contribution >= 0.6 is 0 Å². The Morgan fingerprint density at radius 3 is 2.24 bits per heavy atom. The Hall–Kier alpha value is -1.71. The minimum atomic E-state index is -0.0252. The number of rotatable bonds is 4. The van der Waals surface area contributed by atoms with E-state index < -0.39 is 0 Å². The minimum absolute atomic E-state index is 0.0252. The van der Waals surface area contributed by atoms with Gasteiger partial charge in [-0.15, -0.1) is 0 Å². The molecule has 0 aliphatic carbocycles. The lowest BCUT2D eigenvalue weighted by molar-refractivity contribution is 0.0827. The zero-order chi connectivity index (χ0) is 13.0. The summed E-state index contributed by atoms with van der Waals surface area (Å²) in [6.07, 6.45) is 0. The maximum absolute atomic E-state index is 11.8. The maximum Gasteiger partial charge on any atom is 0.253 e. The van der Waals surface area contributed by atoms with Gasteiger partial charge in [0, 0.05) is 32.7 Å². The molecule has 0 atom stereocenters. The molecule has 0 bridgehead atoms. The van der Waals surface area contributed by atoms with Crippen molar-refractivity contribution in [2.45, 2.75) is 13.8 Å². The van der Waals surface area contributed by atoms with Gasteiger partial charge < -0.3 is 15.5 Å². The van der Waals surface area contributed by atoms with Crippen LogP contribution in [0, 0.1) is 0 Å². The highest BCUT2D eigenvalue weighted by Gasteiger charge is 2.12. The summed E-state index contributed by atoms with van der Waals surface area (Å²) in [5.74, 6) is -0.0252. The van der Waals surface area contributed by atoms with Gasteiger partial charge in [0.1, 0.15) is 0 Å². The summed E-state index contributed by atoms with van der Waals surface area (Å²) in [6.45, 7) is 5.98. The lowest BCUT2D eigenvalue weighted by Crippen LogP contribution is -2.24. The normalized spacial score (nSPS) is 10.1. The monoisotopic (exact) mass is 235 g/mol. The highest BCUT2D eigenvalue weighted by molar-refractivity contribution is 5.95. The summed E-state index contributed by atoms with van der Waals surface area (Å²) in [6, 6.07) is 5.49. The van der Waals surface area contributed by atoms with Crippen molar-refractivity contribution in [3.05, 3.63) is 23.8 Å². The van der Waals surface area contributed by atoms with Crippen molar-refractivity contribution in [2.75, 3.05) is 37.8 Å². The summed E-state index contributed by atoms with van der Waals surface area (Å²) in [5.41, 5.74) is 8.27. The van der Waals surface area contributed by atoms with E-state index in [0.717, 1.165) is 18.8 Å². The molecule has 0 saturated heterocycles. The van der Waals surface area contributed by atoms with E-state index in [4.69, 9.17) is 5.73 Å². The van der Waals surface area contributed by atoms with E-state index in [1.54, 1.807) is 25.1 Å². The van der Waals surface area contributed by atoms with Gasteiger partial charge in [-0.05, 0) is 32.0 Å². The van der Waals surface area contributed by atoms with Crippen LogP contribution in [0.5, 0.6) is 0 Å². The standard InChI is InChI=1S/C13H21N3O/c1-5-16(6-2)12-8-7-10(9-11(12)14)13(17)15(3)4/h7-9H,5-6,14H2,1-4H3. The molecule has 1 aromatic carbocycles. The minimum Gasteiger partial charge on any atom is -0.397 e. The molecule has 94 valence electrons. The number of anilines is 2. The van der Waals surface area contributed by atoms with Gasteiger partial charge in [-0.25, -0.2) is 0 Å². The first kappa shape index (κ1) is 13.4. The topological polar surface area (TPSA) is 49.6 Å². The van der Waals surface area contributed by atoms with Crippen molar-refractivity contribution in [1.82, 2.24) is 4.90 Å². The van der Waals surface area contributed by atoms with Gasteiger partial charge in [0.2, 0.25) is 0 Å². The van der Waals surface area contributed by atoms with E-state index in [0.29, 0.717) is 11.3 Å². The fourth-order valence-corrected chi connectivity index (χ4v) is 1.80. The number of nitrogens with zero attached hydrogens (tertiary/aromatic N) is 2. The fraction of sp³-hybridized carbons (Fsp3) is 0.462. The third kappa shape index (κ3) is 2.90. The third-order valence-corrected chi connectivity index (χ3v) is 2.78. The van der Waals surface area contributed by atoms with E-state index in [-0.39, 0.29) is 5.91 Å². The van der Waals surface area contributed by atoms with Gasteiger partial charge in [0.15, 0.2) is 0 Å². The highest BCUT2D eigenvalue weighted by atomic mass is 16.2. The van der Waals surface area contributed by atoms with Gasteiger partial charge in [0.25, 0.3) is 5.91 Å². The van der Waals surface area contributed by atoms with E-state index >= 15 is 0 Å². The summed E-state index contributed by atoms with van der Waals surface area (Å²) < 4.78 is 0. The van der Waals surface area contributed by atoms with Crippen molar-refractivity contribution in [3.63, 3.8) is 0 Å². The van der Waals surface area contributed by atoms with Crippen molar-refractivity contribution in [3.8, 4) is 0 Å². The molecule has 0 unspecified atom stereocenters. The number of hydrogen-bond donors (Lipinski definition) is 1. The van der Waals surface area contributed by atoms with E-state index in [1.807, 2.05) is 12.1 Å². The van der Waals surface area contributed by atoms with Crippen molar-refractivity contribution in [2.24, 2.45) is 0 Å². The molecule has 1 amide bonds. The number of amides is 1. The van der Waals surface area contributed by atoms with Crippen LogP contribution in [-0.4, -0.2) is 38.0 Å². The zero-order valence-electron chi connectivity index (χ0n) is 11.0. The molecule has 4 heteroatoms. The predicted octanol–water partition coefficient (Wildman–Crippen LogP) is 1.82. The van der Waals surface area contributed by atoms with E-state index in [2.05, 4.69) is 18.7 Å². The molecule has 0 heterocycles. The molecule has 0 saturated carbocycles. The van der Waals surface area contributed by atoms with Crippen molar-refractivity contribution >= 4 is 17.3 Å². The van der Waals surface area contributed by atoms with Crippen molar-refractivity contribution in [1.29, 1.82) is 0 Å². The number of benzene rings is 1. The molecule has 0 aliphatic rings. The second-order valence-corrected chi connectivity index (χ2v) is 4.15. The van der Waals surface area contributed by atoms with E-state index in [1.165, 1.54) is 0 Å². The van der Waals surface area contributed by atoms with Crippen LogP contribution in [0.3, 0.4) is 0 Å². The van der Waals surface area contributed by atoms with Crippen LogP contribution in [0.2, 0.25) is 0 Å². The van der Waals surface area contributed by atoms with Crippen LogP contribution in [-0.2, 0) is 0 Å². The Kier molecular flexibility index (Phi) is 4.37. The maximum atomic E-state index is 11.8. The van der Waals surface area contributed by atoms with Gasteiger partial charge >= 0.3 is 0 Å². The molecule has 0 fully saturated rings. The van der Waals surface area contributed by atoms with Crippen molar-refractivity contribution < 1.29 is 4.79 Å². The lowest BCUT2D eigenvalue weighted by atomic mass is 10.1. The van der Waals surface area contributed by atoms with Gasteiger partial charge in [-0.1, -0.05) is 0 Å². The Labute approximate surface area is 103 Å². The largest absolute Gasteiger partial charge is 0.397 e. The van der Waals surface area contributed by atoms with Crippen LogP contribution in [0.1, 0.15) is 24.2 Å². The van der Waals surface area contributed by atoms with Crippen LogP contribution in [0.25, 0.3) is 0 Å².